The van der Waals surface area contributed by atoms with Gasteiger partial charge in [0.15, 0.2) is 0 Å². The van der Waals surface area contributed by atoms with Crippen LogP contribution in [0, 0.1) is 6.92 Å². The van der Waals surface area contributed by atoms with Gasteiger partial charge in [-0.15, -0.1) is 0 Å². The van der Waals surface area contributed by atoms with Crippen molar-refractivity contribution in [3.8, 4) is 0 Å². The lowest BCUT2D eigenvalue weighted by molar-refractivity contribution is 0.736. The summed E-state index contributed by atoms with van der Waals surface area (Å²) in [7, 11) is 0. The summed E-state index contributed by atoms with van der Waals surface area (Å²) in [5.74, 6) is 0.704. The number of hydrogen-bond donors (Lipinski definition) is 2. The Balaban J connectivity index is 2.08. The van der Waals surface area contributed by atoms with E-state index in [-0.39, 0.29) is 0 Å². The van der Waals surface area contributed by atoms with Gasteiger partial charge >= 0.3 is 0 Å². The second-order valence-electron chi connectivity index (χ2n) is 4.11. The molecular weight excluding hydrogens is 160 g/mol. The van der Waals surface area contributed by atoms with Gasteiger partial charge in [-0.05, 0) is 24.1 Å². The third-order valence-electron chi connectivity index (χ3n) is 3.16. The van der Waals surface area contributed by atoms with Crippen LogP contribution < -0.4 is 10.6 Å². The lowest BCUT2D eigenvalue weighted by Gasteiger charge is -2.06. The largest absolute Gasteiger partial charge is 0.380 e. The fraction of sp³-hybridized carbons (Fsp3) is 0.455. The molecule has 0 spiro atoms. The molecule has 2 heteroatoms. The molecule has 1 aromatic carbocycles. The van der Waals surface area contributed by atoms with Crippen molar-refractivity contribution in [2.75, 3.05) is 18.4 Å². The topological polar surface area (TPSA) is 24.1 Å². The number of fused-ring (bicyclic) bond motifs is 3. The molecule has 2 heterocycles. The molecule has 2 atom stereocenters. The van der Waals surface area contributed by atoms with Crippen molar-refractivity contribution >= 4 is 5.69 Å². The highest BCUT2D eigenvalue weighted by Crippen LogP contribution is 2.37. The van der Waals surface area contributed by atoms with Gasteiger partial charge in [-0.2, -0.15) is 0 Å². The highest BCUT2D eigenvalue weighted by Gasteiger charge is 2.35. The molecule has 1 fully saturated rings. The number of nitrogens with one attached hydrogen (secondary N) is 2. The van der Waals surface area contributed by atoms with Crippen molar-refractivity contribution in [1.82, 2.24) is 5.32 Å². The van der Waals surface area contributed by atoms with E-state index in [1.54, 1.807) is 0 Å². The fourth-order valence-corrected chi connectivity index (χ4v) is 2.48. The van der Waals surface area contributed by atoms with Crippen LogP contribution in [0.5, 0.6) is 0 Å². The van der Waals surface area contributed by atoms with E-state index in [2.05, 4.69) is 35.8 Å². The van der Waals surface area contributed by atoms with Crippen molar-refractivity contribution in [3.05, 3.63) is 29.3 Å². The Labute approximate surface area is 78.3 Å². The number of benzene rings is 1. The monoisotopic (exact) mass is 174 g/mol. The van der Waals surface area contributed by atoms with E-state index in [0.29, 0.717) is 12.0 Å². The Bertz CT molecular complexity index is 346. The minimum absolute atomic E-state index is 0.636. The molecule has 2 unspecified atom stereocenters. The summed E-state index contributed by atoms with van der Waals surface area (Å²) >= 11 is 0. The molecule has 0 radical (unpaired) electrons. The van der Waals surface area contributed by atoms with Crippen LogP contribution in [0.25, 0.3) is 0 Å². The van der Waals surface area contributed by atoms with Crippen LogP contribution in [-0.4, -0.2) is 19.1 Å². The molecule has 0 aliphatic carbocycles. The van der Waals surface area contributed by atoms with Gasteiger partial charge in [-0.25, -0.2) is 0 Å². The molecule has 0 saturated carbocycles. The Hall–Kier alpha value is -1.02. The standard InChI is InChI=1S/C11H14N2/c1-7-2-3-8-9-5-12-6-11(9)13-10(8)4-7/h2-4,9,11-13H,5-6H2,1H3. The first-order valence-electron chi connectivity index (χ1n) is 4.92. The summed E-state index contributed by atoms with van der Waals surface area (Å²) in [6.07, 6.45) is 0. The van der Waals surface area contributed by atoms with Crippen LogP contribution in [-0.2, 0) is 0 Å². The Morgan fingerprint density at radius 1 is 1.31 bits per heavy atom. The summed E-state index contributed by atoms with van der Waals surface area (Å²) < 4.78 is 0. The molecule has 13 heavy (non-hydrogen) atoms. The first kappa shape index (κ1) is 7.39. The molecule has 1 aromatic rings. The maximum atomic E-state index is 3.57. The van der Waals surface area contributed by atoms with Crippen molar-refractivity contribution in [2.45, 2.75) is 18.9 Å². The van der Waals surface area contributed by atoms with Gasteiger partial charge in [0.2, 0.25) is 0 Å². The van der Waals surface area contributed by atoms with Gasteiger partial charge < -0.3 is 10.6 Å². The molecule has 1 saturated heterocycles. The molecule has 0 bridgehead atoms. The van der Waals surface area contributed by atoms with E-state index in [0.717, 1.165) is 13.1 Å². The molecule has 2 aliphatic rings. The number of hydrogen-bond acceptors (Lipinski definition) is 2. The Morgan fingerprint density at radius 2 is 2.23 bits per heavy atom. The minimum atomic E-state index is 0.636. The van der Waals surface area contributed by atoms with E-state index < -0.39 is 0 Å². The van der Waals surface area contributed by atoms with Crippen molar-refractivity contribution < 1.29 is 0 Å². The second kappa shape index (κ2) is 2.48. The SMILES string of the molecule is Cc1ccc2c(c1)NC1CNCC21. The van der Waals surface area contributed by atoms with Crippen molar-refractivity contribution in [2.24, 2.45) is 0 Å². The van der Waals surface area contributed by atoms with Gasteiger partial charge in [0.1, 0.15) is 0 Å². The zero-order valence-corrected chi connectivity index (χ0v) is 7.80. The Morgan fingerprint density at radius 3 is 3.15 bits per heavy atom. The zero-order valence-electron chi connectivity index (χ0n) is 7.80. The summed E-state index contributed by atoms with van der Waals surface area (Å²) in [5, 5.41) is 6.99. The average Bonchev–Trinajstić information content (AvgIpc) is 2.62. The van der Waals surface area contributed by atoms with Crippen molar-refractivity contribution in [1.29, 1.82) is 0 Å². The maximum Gasteiger partial charge on any atom is 0.0467 e. The number of anilines is 1. The highest BCUT2D eigenvalue weighted by atomic mass is 15.1. The molecule has 2 aliphatic heterocycles. The smallest absolute Gasteiger partial charge is 0.0467 e. The van der Waals surface area contributed by atoms with Gasteiger partial charge in [0, 0.05) is 30.7 Å². The second-order valence-corrected chi connectivity index (χ2v) is 4.11. The van der Waals surface area contributed by atoms with E-state index in [4.69, 9.17) is 0 Å². The molecule has 0 aromatic heterocycles. The van der Waals surface area contributed by atoms with E-state index in [1.807, 2.05) is 0 Å². The Kier molecular flexibility index (Phi) is 1.41. The molecule has 2 nitrogen and oxygen atoms in total. The molecule has 3 rings (SSSR count). The van der Waals surface area contributed by atoms with E-state index in [1.165, 1.54) is 16.8 Å². The van der Waals surface area contributed by atoms with E-state index >= 15 is 0 Å². The summed E-state index contributed by atoms with van der Waals surface area (Å²) in [6, 6.07) is 7.38. The van der Waals surface area contributed by atoms with Crippen LogP contribution in [0.15, 0.2) is 18.2 Å². The van der Waals surface area contributed by atoms with Crippen LogP contribution >= 0.6 is 0 Å². The van der Waals surface area contributed by atoms with Crippen LogP contribution in [0.2, 0.25) is 0 Å². The predicted molar refractivity (Wildman–Crippen MR) is 54.2 cm³/mol. The van der Waals surface area contributed by atoms with Gasteiger partial charge in [0.05, 0.1) is 0 Å². The molecular formula is C11H14N2. The van der Waals surface area contributed by atoms with Gasteiger partial charge in [-0.3, -0.25) is 0 Å². The molecule has 0 amide bonds. The summed E-state index contributed by atoms with van der Waals surface area (Å²) in [5.41, 5.74) is 4.20. The number of aryl methyl sites for hydroxylation is 1. The minimum Gasteiger partial charge on any atom is -0.380 e. The lowest BCUT2D eigenvalue weighted by atomic mass is 9.97. The third-order valence-corrected chi connectivity index (χ3v) is 3.16. The average molecular weight is 174 g/mol. The van der Waals surface area contributed by atoms with Crippen LogP contribution in [0.1, 0.15) is 17.0 Å². The quantitative estimate of drug-likeness (QED) is 0.622. The normalized spacial score (nSPS) is 29.6. The lowest BCUT2D eigenvalue weighted by Crippen LogP contribution is -2.20. The summed E-state index contributed by atoms with van der Waals surface area (Å²) in [4.78, 5) is 0. The summed E-state index contributed by atoms with van der Waals surface area (Å²) in [6.45, 7) is 4.39. The van der Waals surface area contributed by atoms with Crippen molar-refractivity contribution in [3.63, 3.8) is 0 Å². The van der Waals surface area contributed by atoms with E-state index in [9.17, 15) is 0 Å². The van der Waals surface area contributed by atoms with Crippen LogP contribution in [0.3, 0.4) is 0 Å². The van der Waals surface area contributed by atoms with Gasteiger partial charge in [0.25, 0.3) is 0 Å². The zero-order chi connectivity index (χ0) is 8.84. The third kappa shape index (κ3) is 0.985. The number of rotatable bonds is 0. The highest BCUT2D eigenvalue weighted by molar-refractivity contribution is 5.61. The maximum absolute atomic E-state index is 3.57. The molecule has 2 N–H and O–H groups in total. The van der Waals surface area contributed by atoms with Crippen LogP contribution in [0.4, 0.5) is 5.69 Å². The molecule has 68 valence electrons. The van der Waals surface area contributed by atoms with Gasteiger partial charge in [-0.1, -0.05) is 12.1 Å². The first-order valence-corrected chi connectivity index (χ1v) is 4.92. The first-order chi connectivity index (χ1) is 6.34. The predicted octanol–water partition coefficient (Wildman–Crippen LogP) is 1.48. The fourth-order valence-electron chi connectivity index (χ4n) is 2.48.